The van der Waals surface area contributed by atoms with Crippen molar-refractivity contribution < 1.29 is 9.53 Å². The Hall–Kier alpha value is -1.52. The van der Waals surface area contributed by atoms with Crippen LogP contribution in [-0.4, -0.2) is 19.6 Å². The van der Waals surface area contributed by atoms with Gasteiger partial charge in [-0.1, -0.05) is 39.7 Å². The van der Waals surface area contributed by atoms with E-state index < -0.39 is 0 Å². The van der Waals surface area contributed by atoms with Gasteiger partial charge >= 0.3 is 0 Å². The van der Waals surface area contributed by atoms with E-state index in [9.17, 15) is 4.79 Å². The largest absolute Gasteiger partial charge is 0.497 e. The molecule has 0 atom stereocenters. The summed E-state index contributed by atoms with van der Waals surface area (Å²) in [5.41, 5.74) is 1.69. The summed E-state index contributed by atoms with van der Waals surface area (Å²) in [6.45, 7) is 0.565. The zero-order valence-corrected chi connectivity index (χ0v) is 13.9. The summed E-state index contributed by atoms with van der Waals surface area (Å²) in [5.74, 6) is 0.693. The van der Waals surface area contributed by atoms with Gasteiger partial charge in [0.05, 0.1) is 7.11 Å². The quantitative estimate of drug-likeness (QED) is 0.863. The molecule has 5 heteroatoms. The lowest BCUT2D eigenvalue weighted by Gasteiger charge is -2.07. The number of amides is 1. The minimum Gasteiger partial charge on any atom is -0.497 e. The molecule has 0 aromatic heterocycles. The summed E-state index contributed by atoms with van der Waals surface area (Å²) in [6, 6.07) is 12.9. The number of nitrogens with one attached hydrogen (secondary N) is 1. The van der Waals surface area contributed by atoms with E-state index in [4.69, 9.17) is 16.3 Å². The van der Waals surface area contributed by atoms with Crippen LogP contribution in [0.25, 0.3) is 0 Å². The average molecular weight is 369 g/mol. The first-order chi connectivity index (χ1) is 10.1. The molecule has 0 saturated heterocycles. The van der Waals surface area contributed by atoms with E-state index in [2.05, 4.69) is 21.2 Å². The predicted octanol–water partition coefficient (Wildman–Crippen LogP) is 4.08. The Morgan fingerprint density at radius 1 is 1.24 bits per heavy atom. The molecule has 0 unspecified atom stereocenters. The van der Waals surface area contributed by atoms with Gasteiger partial charge in [0.1, 0.15) is 5.75 Å². The van der Waals surface area contributed by atoms with Crippen molar-refractivity contribution in [2.24, 2.45) is 0 Å². The monoisotopic (exact) mass is 367 g/mol. The molecule has 0 aliphatic rings. The lowest BCUT2D eigenvalue weighted by Crippen LogP contribution is -2.25. The van der Waals surface area contributed by atoms with E-state index in [0.29, 0.717) is 17.1 Å². The maximum Gasteiger partial charge on any atom is 0.251 e. The van der Waals surface area contributed by atoms with Crippen LogP contribution in [0.4, 0.5) is 0 Å². The van der Waals surface area contributed by atoms with Gasteiger partial charge in [-0.25, -0.2) is 0 Å². The van der Waals surface area contributed by atoms with Gasteiger partial charge in [-0.2, -0.15) is 0 Å². The van der Waals surface area contributed by atoms with Crippen LogP contribution < -0.4 is 10.1 Å². The summed E-state index contributed by atoms with van der Waals surface area (Å²) in [4.78, 5) is 12.0. The summed E-state index contributed by atoms with van der Waals surface area (Å²) in [7, 11) is 1.64. The number of hydrogen-bond acceptors (Lipinski definition) is 2. The molecule has 3 nitrogen and oxygen atoms in total. The number of halogens is 2. The van der Waals surface area contributed by atoms with Gasteiger partial charge in [0.25, 0.3) is 5.91 Å². The minimum absolute atomic E-state index is 0.133. The third-order valence-electron chi connectivity index (χ3n) is 2.98. The molecule has 0 spiro atoms. The van der Waals surface area contributed by atoms with Crippen LogP contribution >= 0.6 is 27.5 Å². The molecule has 1 N–H and O–H groups in total. The van der Waals surface area contributed by atoms with Crippen LogP contribution in [0, 0.1) is 0 Å². The highest BCUT2D eigenvalue weighted by atomic mass is 79.9. The number of carbonyl (C=O) groups excluding carboxylic acids is 1. The molecule has 0 saturated carbocycles. The first-order valence-corrected chi connectivity index (χ1v) is 7.63. The number of rotatable bonds is 5. The molecule has 21 heavy (non-hydrogen) atoms. The molecule has 1 amide bonds. The van der Waals surface area contributed by atoms with Crippen LogP contribution in [0.3, 0.4) is 0 Å². The first kappa shape index (κ1) is 15.9. The second kappa shape index (κ2) is 7.48. The zero-order valence-electron chi connectivity index (χ0n) is 11.5. The molecule has 0 aliphatic carbocycles. The molecule has 0 heterocycles. The standard InChI is InChI=1S/C16H15BrClNO2/c1-21-15-4-2-11(3-5-15)6-7-19-16(20)12-8-13(17)10-14(18)9-12/h2-5,8-10H,6-7H2,1H3,(H,19,20). The second-order valence-electron chi connectivity index (χ2n) is 4.51. The number of methoxy groups -OCH3 is 1. The van der Waals surface area contributed by atoms with Crippen molar-refractivity contribution in [3.8, 4) is 5.75 Å². The number of hydrogen-bond donors (Lipinski definition) is 1. The Morgan fingerprint density at radius 3 is 2.57 bits per heavy atom. The molecule has 0 aliphatic heterocycles. The van der Waals surface area contributed by atoms with Gasteiger partial charge in [0.2, 0.25) is 0 Å². The highest BCUT2D eigenvalue weighted by Gasteiger charge is 2.07. The van der Waals surface area contributed by atoms with Crippen molar-refractivity contribution in [1.82, 2.24) is 5.32 Å². The molecular weight excluding hydrogens is 354 g/mol. The highest BCUT2D eigenvalue weighted by molar-refractivity contribution is 9.10. The molecule has 0 fully saturated rings. The number of ether oxygens (including phenoxy) is 1. The molecule has 2 aromatic rings. The lowest BCUT2D eigenvalue weighted by atomic mass is 10.1. The molecule has 0 bridgehead atoms. The van der Waals surface area contributed by atoms with E-state index in [-0.39, 0.29) is 5.91 Å². The van der Waals surface area contributed by atoms with E-state index in [1.165, 1.54) is 0 Å². The van der Waals surface area contributed by atoms with E-state index >= 15 is 0 Å². The van der Waals surface area contributed by atoms with Gasteiger partial charge in [-0.15, -0.1) is 0 Å². The fourth-order valence-corrected chi connectivity index (χ4v) is 2.76. The number of benzene rings is 2. The topological polar surface area (TPSA) is 38.3 Å². The Balaban J connectivity index is 1.88. The maximum atomic E-state index is 12.0. The molecule has 2 rings (SSSR count). The normalized spacial score (nSPS) is 10.2. The Labute approximate surface area is 137 Å². The highest BCUT2D eigenvalue weighted by Crippen LogP contribution is 2.19. The van der Waals surface area contributed by atoms with Crippen LogP contribution in [0.5, 0.6) is 5.75 Å². The fourth-order valence-electron chi connectivity index (χ4n) is 1.90. The minimum atomic E-state index is -0.133. The van der Waals surface area contributed by atoms with Crippen molar-refractivity contribution in [2.45, 2.75) is 6.42 Å². The third-order valence-corrected chi connectivity index (χ3v) is 3.66. The van der Waals surface area contributed by atoms with Crippen LogP contribution in [-0.2, 0) is 6.42 Å². The summed E-state index contributed by atoms with van der Waals surface area (Å²) in [5, 5.41) is 3.41. The summed E-state index contributed by atoms with van der Waals surface area (Å²) < 4.78 is 5.89. The van der Waals surface area contributed by atoms with E-state index in [1.54, 1.807) is 25.3 Å². The summed E-state index contributed by atoms with van der Waals surface area (Å²) in [6.07, 6.45) is 0.761. The van der Waals surface area contributed by atoms with Gasteiger partial charge in [-0.05, 0) is 42.3 Å². The molecule has 2 aromatic carbocycles. The number of carbonyl (C=O) groups is 1. The van der Waals surface area contributed by atoms with Gasteiger partial charge in [0, 0.05) is 21.6 Å². The second-order valence-corrected chi connectivity index (χ2v) is 5.86. The van der Waals surface area contributed by atoms with Crippen LogP contribution in [0.15, 0.2) is 46.9 Å². The molecule has 0 radical (unpaired) electrons. The van der Waals surface area contributed by atoms with E-state index in [0.717, 1.165) is 22.2 Å². The van der Waals surface area contributed by atoms with Crippen molar-refractivity contribution >= 4 is 33.4 Å². The SMILES string of the molecule is COc1ccc(CCNC(=O)c2cc(Cl)cc(Br)c2)cc1. The Morgan fingerprint density at radius 2 is 1.95 bits per heavy atom. The first-order valence-electron chi connectivity index (χ1n) is 6.45. The maximum absolute atomic E-state index is 12.0. The van der Waals surface area contributed by atoms with E-state index in [1.807, 2.05) is 24.3 Å². The summed E-state index contributed by atoms with van der Waals surface area (Å²) >= 11 is 9.25. The molecular formula is C16H15BrClNO2. The van der Waals surface area contributed by atoms with Gasteiger partial charge in [-0.3, -0.25) is 4.79 Å². The lowest BCUT2D eigenvalue weighted by molar-refractivity contribution is 0.0954. The third kappa shape index (κ3) is 4.76. The van der Waals surface area contributed by atoms with Gasteiger partial charge in [0.15, 0.2) is 0 Å². The van der Waals surface area contributed by atoms with Crippen LogP contribution in [0.1, 0.15) is 15.9 Å². The predicted molar refractivity (Wildman–Crippen MR) is 88.2 cm³/mol. The van der Waals surface area contributed by atoms with Crippen molar-refractivity contribution in [1.29, 1.82) is 0 Å². The fraction of sp³-hybridized carbons (Fsp3) is 0.188. The zero-order chi connectivity index (χ0) is 15.2. The van der Waals surface area contributed by atoms with Gasteiger partial charge < -0.3 is 10.1 Å². The Bertz CT molecular complexity index is 608. The van der Waals surface area contributed by atoms with Crippen molar-refractivity contribution in [2.75, 3.05) is 13.7 Å². The van der Waals surface area contributed by atoms with Crippen molar-refractivity contribution in [3.05, 3.63) is 63.1 Å². The van der Waals surface area contributed by atoms with Crippen molar-refractivity contribution in [3.63, 3.8) is 0 Å². The Kier molecular flexibility index (Phi) is 5.65. The molecule has 110 valence electrons. The average Bonchev–Trinajstić information content (AvgIpc) is 2.47. The van der Waals surface area contributed by atoms with Crippen LogP contribution in [0.2, 0.25) is 5.02 Å². The smallest absolute Gasteiger partial charge is 0.251 e.